The first-order valence-electron chi connectivity index (χ1n) is 5.16. The highest BCUT2D eigenvalue weighted by molar-refractivity contribution is 5.21. The highest BCUT2D eigenvalue weighted by atomic mass is 16.1. The summed E-state index contributed by atoms with van der Waals surface area (Å²) in [6.07, 6.45) is 2.15. The van der Waals surface area contributed by atoms with Crippen LogP contribution in [0.25, 0.3) is 0 Å². The lowest BCUT2D eigenvalue weighted by atomic mass is 9.90. The predicted octanol–water partition coefficient (Wildman–Crippen LogP) is 0.489. The van der Waals surface area contributed by atoms with Gasteiger partial charge in [0, 0.05) is 18.3 Å². The van der Waals surface area contributed by atoms with Crippen LogP contribution in [0.15, 0.2) is 4.79 Å². The van der Waals surface area contributed by atoms with Gasteiger partial charge in [0.15, 0.2) is 0 Å². The largest absolute Gasteiger partial charge is 0.317 e. The summed E-state index contributed by atoms with van der Waals surface area (Å²) in [7, 11) is 1.78. The van der Waals surface area contributed by atoms with Crippen molar-refractivity contribution in [3.63, 3.8) is 0 Å². The zero-order chi connectivity index (χ0) is 10.1. The molecule has 0 amide bonds. The van der Waals surface area contributed by atoms with Crippen molar-refractivity contribution in [2.45, 2.75) is 25.7 Å². The quantitative estimate of drug-likeness (QED) is 0.685. The molecule has 0 unspecified atom stereocenters. The van der Waals surface area contributed by atoms with E-state index in [9.17, 15) is 4.79 Å². The number of H-pyrrole nitrogens is 1. The van der Waals surface area contributed by atoms with Crippen molar-refractivity contribution < 1.29 is 0 Å². The molecule has 0 aliphatic carbocycles. The first-order valence-corrected chi connectivity index (χ1v) is 5.16. The zero-order valence-electron chi connectivity index (χ0n) is 8.76. The molecule has 1 aliphatic heterocycles. The van der Waals surface area contributed by atoms with Gasteiger partial charge in [-0.05, 0) is 38.8 Å². The van der Waals surface area contributed by atoms with Gasteiger partial charge in [0.2, 0.25) is 0 Å². The number of rotatable bonds is 1. The number of hydrogen-bond donors (Lipinski definition) is 2. The molecule has 4 heteroatoms. The second-order valence-corrected chi connectivity index (χ2v) is 4.04. The lowest BCUT2D eigenvalue weighted by Gasteiger charge is -2.21. The molecule has 0 spiro atoms. The van der Waals surface area contributed by atoms with E-state index in [0.29, 0.717) is 5.92 Å². The molecule has 14 heavy (non-hydrogen) atoms. The van der Waals surface area contributed by atoms with E-state index in [1.54, 1.807) is 11.7 Å². The van der Waals surface area contributed by atoms with Gasteiger partial charge < -0.3 is 5.32 Å². The van der Waals surface area contributed by atoms with Crippen molar-refractivity contribution >= 4 is 0 Å². The highest BCUT2D eigenvalue weighted by Gasteiger charge is 2.21. The zero-order valence-corrected chi connectivity index (χ0v) is 8.76. The minimum Gasteiger partial charge on any atom is -0.317 e. The van der Waals surface area contributed by atoms with E-state index in [4.69, 9.17) is 0 Å². The highest BCUT2D eigenvalue weighted by Crippen LogP contribution is 2.24. The molecule has 0 atom stereocenters. The summed E-state index contributed by atoms with van der Waals surface area (Å²) >= 11 is 0. The molecule has 2 N–H and O–H groups in total. The number of hydrogen-bond acceptors (Lipinski definition) is 2. The minimum atomic E-state index is 0.148. The number of aryl methyl sites for hydroxylation is 2. The molecule has 1 saturated heterocycles. The van der Waals surface area contributed by atoms with Gasteiger partial charge in [-0.15, -0.1) is 0 Å². The van der Waals surface area contributed by atoms with Gasteiger partial charge in [-0.25, -0.2) is 0 Å². The third-order valence-corrected chi connectivity index (χ3v) is 3.02. The van der Waals surface area contributed by atoms with Gasteiger partial charge in [0.25, 0.3) is 5.56 Å². The number of piperidine rings is 1. The third kappa shape index (κ3) is 1.50. The Hall–Kier alpha value is -1.03. The first kappa shape index (κ1) is 9.52. The molecule has 1 aromatic rings. The predicted molar refractivity (Wildman–Crippen MR) is 55.6 cm³/mol. The second kappa shape index (κ2) is 3.61. The van der Waals surface area contributed by atoms with E-state index < -0.39 is 0 Å². The van der Waals surface area contributed by atoms with E-state index in [1.807, 2.05) is 6.92 Å². The fourth-order valence-electron chi connectivity index (χ4n) is 2.30. The molecule has 1 aliphatic rings. The van der Waals surface area contributed by atoms with Crippen LogP contribution in [0.4, 0.5) is 0 Å². The molecule has 0 bridgehead atoms. The fourth-order valence-corrected chi connectivity index (χ4v) is 2.30. The molecule has 0 saturated carbocycles. The van der Waals surface area contributed by atoms with Gasteiger partial charge >= 0.3 is 0 Å². The molecule has 0 aromatic carbocycles. The van der Waals surface area contributed by atoms with Gasteiger partial charge in [-0.1, -0.05) is 0 Å². The maximum atomic E-state index is 11.8. The van der Waals surface area contributed by atoms with E-state index in [1.165, 1.54) is 0 Å². The van der Waals surface area contributed by atoms with E-state index >= 15 is 0 Å². The van der Waals surface area contributed by atoms with Crippen LogP contribution in [-0.2, 0) is 7.05 Å². The normalized spacial score (nSPS) is 18.7. The van der Waals surface area contributed by atoms with Crippen molar-refractivity contribution in [2.24, 2.45) is 7.05 Å². The number of nitrogens with one attached hydrogen (secondary N) is 2. The van der Waals surface area contributed by atoms with Gasteiger partial charge in [-0.3, -0.25) is 14.6 Å². The fraction of sp³-hybridized carbons (Fsp3) is 0.700. The SMILES string of the molecule is Cc1[nH]n(C)c(=O)c1C1CCNCC1. The minimum absolute atomic E-state index is 0.148. The van der Waals surface area contributed by atoms with E-state index in [2.05, 4.69) is 10.4 Å². The first-order chi connectivity index (χ1) is 6.70. The second-order valence-electron chi connectivity index (χ2n) is 4.04. The molecule has 1 aromatic heterocycles. The summed E-state index contributed by atoms with van der Waals surface area (Å²) in [6, 6.07) is 0. The van der Waals surface area contributed by atoms with E-state index in [-0.39, 0.29) is 5.56 Å². The van der Waals surface area contributed by atoms with Gasteiger partial charge in [0.1, 0.15) is 0 Å². The number of aromatic nitrogens is 2. The lowest BCUT2D eigenvalue weighted by molar-refractivity contribution is 0.457. The van der Waals surface area contributed by atoms with Crippen LogP contribution < -0.4 is 10.9 Å². The van der Waals surface area contributed by atoms with Crippen LogP contribution >= 0.6 is 0 Å². The molecule has 4 nitrogen and oxygen atoms in total. The Morgan fingerprint density at radius 3 is 2.50 bits per heavy atom. The van der Waals surface area contributed by atoms with Crippen molar-refractivity contribution in [3.8, 4) is 0 Å². The van der Waals surface area contributed by atoms with E-state index in [0.717, 1.165) is 37.2 Å². The molecule has 0 radical (unpaired) electrons. The third-order valence-electron chi connectivity index (χ3n) is 3.02. The summed E-state index contributed by atoms with van der Waals surface area (Å²) in [5.41, 5.74) is 2.17. The molecule has 2 heterocycles. The summed E-state index contributed by atoms with van der Waals surface area (Å²) in [4.78, 5) is 11.8. The van der Waals surface area contributed by atoms with Crippen molar-refractivity contribution in [2.75, 3.05) is 13.1 Å². The number of aromatic amines is 1. The summed E-state index contributed by atoms with van der Waals surface area (Å²) in [5, 5.41) is 6.37. The van der Waals surface area contributed by atoms with Crippen molar-refractivity contribution in [1.29, 1.82) is 0 Å². The van der Waals surface area contributed by atoms with Crippen LogP contribution in [-0.4, -0.2) is 22.9 Å². The van der Waals surface area contributed by atoms with Gasteiger partial charge in [-0.2, -0.15) is 0 Å². The Morgan fingerprint density at radius 2 is 2.00 bits per heavy atom. The van der Waals surface area contributed by atoms with Crippen molar-refractivity contribution in [3.05, 3.63) is 21.6 Å². The molecular weight excluding hydrogens is 178 g/mol. The number of nitrogens with zero attached hydrogens (tertiary/aromatic N) is 1. The topological polar surface area (TPSA) is 49.8 Å². The summed E-state index contributed by atoms with van der Waals surface area (Å²) in [5.74, 6) is 0.446. The Balaban J connectivity index is 2.34. The monoisotopic (exact) mass is 195 g/mol. The van der Waals surface area contributed by atoms with Crippen LogP contribution in [0, 0.1) is 6.92 Å². The summed E-state index contributed by atoms with van der Waals surface area (Å²) < 4.78 is 1.58. The summed E-state index contributed by atoms with van der Waals surface area (Å²) in [6.45, 7) is 4.04. The Bertz CT molecular complexity index is 371. The standard InChI is InChI=1S/C10H17N3O/c1-7-9(10(14)13(2)12-7)8-3-5-11-6-4-8/h8,11-12H,3-6H2,1-2H3. The maximum Gasteiger partial charge on any atom is 0.269 e. The smallest absolute Gasteiger partial charge is 0.269 e. The van der Waals surface area contributed by atoms with Crippen LogP contribution in [0.2, 0.25) is 0 Å². The van der Waals surface area contributed by atoms with Gasteiger partial charge in [0.05, 0.1) is 0 Å². The van der Waals surface area contributed by atoms with Crippen LogP contribution in [0.3, 0.4) is 0 Å². The Labute approximate surface area is 83.3 Å². The molecule has 2 rings (SSSR count). The van der Waals surface area contributed by atoms with Crippen molar-refractivity contribution in [1.82, 2.24) is 15.1 Å². The van der Waals surface area contributed by atoms with Crippen LogP contribution in [0.1, 0.15) is 30.0 Å². The molecule has 78 valence electrons. The lowest BCUT2D eigenvalue weighted by Crippen LogP contribution is -2.29. The average Bonchev–Trinajstić information content (AvgIpc) is 2.43. The Morgan fingerprint density at radius 1 is 1.36 bits per heavy atom. The average molecular weight is 195 g/mol. The molecule has 1 fully saturated rings. The molecular formula is C10H17N3O. The van der Waals surface area contributed by atoms with Crippen LogP contribution in [0.5, 0.6) is 0 Å². The Kier molecular flexibility index (Phi) is 2.46. The maximum absolute atomic E-state index is 11.8.